The van der Waals surface area contributed by atoms with Crippen LogP contribution in [-0.2, 0) is 0 Å². The zero-order valence-corrected chi connectivity index (χ0v) is 16.4. The van der Waals surface area contributed by atoms with E-state index in [1.165, 1.54) is 18.0 Å². The summed E-state index contributed by atoms with van der Waals surface area (Å²) >= 11 is 7.36. The third kappa shape index (κ3) is 5.39. The summed E-state index contributed by atoms with van der Waals surface area (Å²) in [7, 11) is 3.84. The summed E-state index contributed by atoms with van der Waals surface area (Å²) in [4.78, 5) is 15.1. The van der Waals surface area contributed by atoms with Gasteiger partial charge in [0.05, 0.1) is 6.21 Å². The van der Waals surface area contributed by atoms with E-state index in [0.717, 1.165) is 15.7 Å². The lowest BCUT2D eigenvalue weighted by Gasteiger charge is -2.12. The highest BCUT2D eigenvalue weighted by Crippen LogP contribution is 2.29. The monoisotopic (exact) mass is 399 g/mol. The average molecular weight is 400 g/mol. The van der Waals surface area contributed by atoms with Crippen molar-refractivity contribution < 1.29 is 9.21 Å². The first-order valence-electron chi connectivity index (χ1n) is 8.15. The van der Waals surface area contributed by atoms with Crippen LogP contribution in [0.1, 0.15) is 16.1 Å². The van der Waals surface area contributed by atoms with Gasteiger partial charge in [-0.3, -0.25) is 4.79 Å². The van der Waals surface area contributed by atoms with E-state index in [0.29, 0.717) is 16.3 Å². The van der Waals surface area contributed by atoms with E-state index in [1.807, 2.05) is 61.5 Å². The third-order valence-corrected chi connectivity index (χ3v) is 4.80. The average Bonchev–Trinajstić information content (AvgIpc) is 3.11. The van der Waals surface area contributed by atoms with Gasteiger partial charge >= 0.3 is 0 Å². The minimum Gasteiger partial charge on any atom is -0.448 e. The van der Waals surface area contributed by atoms with Crippen LogP contribution in [0.5, 0.6) is 0 Å². The van der Waals surface area contributed by atoms with Crippen molar-refractivity contribution in [3.05, 3.63) is 77.0 Å². The molecule has 0 unspecified atom stereocenters. The molecule has 1 amide bonds. The standard InChI is InChI=1S/C20H18ClN3O2S/c1-24(2)16-5-3-4-14(12-16)20(25)23-22-13-17-8-11-19(26-17)27-18-9-6-15(21)7-10-18/h3-13H,1-2H3,(H,23,25). The van der Waals surface area contributed by atoms with E-state index in [1.54, 1.807) is 18.2 Å². The van der Waals surface area contributed by atoms with Crippen molar-refractivity contribution in [2.24, 2.45) is 5.10 Å². The van der Waals surface area contributed by atoms with Crippen molar-refractivity contribution in [1.29, 1.82) is 0 Å². The quantitative estimate of drug-likeness (QED) is 0.472. The number of hydrogen-bond acceptors (Lipinski definition) is 5. The molecule has 0 saturated heterocycles. The Labute approximate surface area is 167 Å². The predicted molar refractivity (Wildman–Crippen MR) is 110 cm³/mol. The van der Waals surface area contributed by atoms with Crippen LogP contribution in [0, 0.1) is 0 Å². The molecule has 0 aliphatic heterocycles. The summed E-state index contributed by atoms with van der Waals surface area (Å²) in [5.74, 6) is 0.270. The highest BCUT2D eigenvalue weighted by Gasteiger charge is 2.06. The largest absolute Gasteiger partial charge is 0.448 e. The van der Waals surface area contributed by atoms with Crippen molar-refractivity contribution in [2.45, 2.75) is 9.99 Å². The lowest BCUT2D eigenvalue weighted by Crippen LogP contribution is -2.18. The molecule has 0 fully saturated rings. The number of hydrogen-bond donors (Lipinski definition) is 1. The molecule has 1 aromatic heterocycles. The van der Waals surface area contributed by atoms with Crippen molar-refractivity contribution >= 4 is 41.2 Å². The molecule has 1 N–H and O–H groups in total. The molecular formula is C20H18ClN3O2S. The van der Waals surface area contributed by atoms with Crippen molar-refractivity contribution in [1.82, 2.24) is 5.43 Å². The van der Waals surface area contributed by atoms with Gasteiger partial charge in [0.15, 0.2) is 5.09 Å². The van der Waals surface area contributed by atoms with Crippen LogP contribution >= 0.6 is 23.4 Å². The molecule has 1 heterocycles. The van der Waals surface area contributed by atoms with Gasteiger partial charge in [0.2, 0.25) is 0 Å². The van der Waals surface area contributed by atoms with Gasteiger partial charge in [-0.1, -0.05) is 29.4 Å². The number of nitrogens with zero attached hydrogens (tertiary/aromatic N) is 2. The second-order valence-electron chi connectivity index (χ2n) is 5.86. The molecule has 0 spiro atoms. The Morgan fingerprint density at radius 1 is 1.15 bits per heavy atom. The number of amides is 1. The number of rotatable bonds is 6. The van der Waals surface area contributed by atoms with Crippen LogP contribution in [-0.4, -0.2) is 26.2 Å². The Hall–Kier alpha value is -2.70. The fourth-order valence-corrected chi connectivity index (χ4v) is 3.13. The summed E-state index contributed by atoms with van der Waals surface area (Å²) < 4.78 is 5.68. The molecule has 138 valence electrons. The molecule has 0 bridgehead atoms. The number of benzene rings is 2. The van der Waals surface area contributed by atoms with E-state index in [9.17, 15) is 4.79 Å². The van der Waals surface area contributed by atoms with Gasteiger partial charge in [0, 0.05) is 35.3 Å². The van der Waals surface area contributed by atoms with Crippen LogP contribution in [0.2, 0.25) is 5.02 Å². The smallest absolute Gasteiger partial charge is 0.271 e. The second-order valence-corrected chi connectivity index (χ2v) is 7.37. The van der Waals surface area contributed by atoms with Crippen molar-refractivity contribution in [3.63, 3.8) is 0 Å². The maximum Gasteiger partial charge on any atom is 0.271 e. The van der Waals surface area contributed by atoms with Gasteiger partial charge in [-0.05, 0) is 54.6 Å². The molecule has 0 aliphatic rings. The van der Waals surface area contributed by atoms with Crippen LogP contribution in [0.3, 0.4) is 0 Å². The molecule has 27 heavy (non-hydrogen) atoms. The fourth-order valence-electron chi connectivity index (χ4n) is 2.22. The van der Waals surface area contributed by atoms with E-state index in [-0.39, 0.29) is 5.91 Å². The van der Waals surface area contributed by atoms with E-state index in [4.69, 9.17) is 16.0 Å². The van der Waals surface area contributed by atoms with Gasteiger partial charge < -0.3 is 9.32 Å². The van der Waals surface area contributed by atoms with Gasteiger partial charge in [0.25, 0.3) is 5.91 Å². The van der Waals surface area contributed by atoms with Crippen LogP contribution in [0.15, 0.2) is 80.2 Å². The number of nitrogens with one attached hydrogen (secondary N) is 1. The molecule has 0 atom stereocenters. The first-order chi connectivity index (χ1) is 13.0. The lowest BCUT2D eigenvalue weighted by atomic mass is 10.2. The van der Waals surface area contributed by atoms with E-state index >= 15 is 0 Å². The van der Waals surface area contributed by atoms with E-state index < -0.39 is 0 Å². The first kappa shape index (κ1) is 19.1. The highest BCUT2D eigenvalue weighted by atomic mass is 35.5. The number of carbonyl (C=O) groups excluding carboxylic acids is 1. The topological polar surface area (TPSA) is 57.8 Å². The Balaban J connectivity index is 1.58. The van der Waals surface area contributed by atoms with Crippen molar-refractivity contribution in [2.75, 3.05) is 19.0 Å². The lowest BCUT2D eigenvalue weighted by molar-refractivity contribution is 0.0955. The third-order valence-electron chi connectivity index (χ3n) is 3.62. The Morgan fingerprint density at radius 2 is 1.93 bits per heavy atom. The molecule has 5 nitrogen and oxygen atoms in total. The molecule has 0 radical (unpaired) electrons. The van der Waals surface area contributed by atoms with Crippen molar-refractivity contribution in [3.8, 4) is 0 Å². The molecule has 0 saturated carbocycles. The highest BCUT2D eigenvalue weighted by molar-refractivity contribution is 7.99. The molecule has 3 rings (SSSR count). The minimum absolute atomic E-state index is 0.280. The van der Waals surface area contributed by atoms with Crippen LogP contribution in [0.4, 0.5) is 5.69 Å². The predicted octanol–water partition coefficient (Wildman–Crippen LogP) is 4.91. The first-order valence-corrected chi connectivity index (χ1v) is 9.35. The Kier molecular flexibility index (Phi) is 6.21. The molecular weight excluding hydrogens is 382 g/mol. The normalized spacial score (nSPS) is 10.9. The molecule has 0 aliphatic carbocycles. The summed E-state index contributed by atoms with van der Waals surface area (Å²) in [5.41, 5.74) is 3.99. The van der Waals surface area contributed by atoms with Crippen LogP contribution in [0.25, 0.3) is 0 Å². The summed E-state index contributed by atoms with van der Waals surface area (Å²) in [6.45, 7) is 0. The summed E-state index contributed by atoms with van der Waals surface area (Å²) in [6, 6.07) is 18.5. The SMILES string of the molecule is CN(C)c1cccc(C(=O)NN=Cc2ccc(Sc3ccc(Cl)cc3)o2)c1. The molecule has 3 aromatic rings. The van der Waals surface area contributed by atoms with Gasteiger partial charge in [-0.25, -0.2) is 5.43 Å². The minimum atomic E-state index is -0.280. The maximum absolute atomic E-state index is 12.2. The molecule has 7 heteroatoms. The molecule has 2 aromatic carbocycles. The number of carbonyl (C=O) groups is 1. The second kappa shape index (κ2) is 8.79. The Bertz CT molecular complexity index is 952. The van der Waals surface area contributed by atoms with Gasteiger partial charge in [-0.2, -0.15) is 5.10 Å². The fraction of sp³-hybridized carbons (Fsp3) is 0.100. The zero-order valence-electron chi connectivity index (χ0n) is 14.8. The maximum atomic E-state index is 12.2. The van der Waals surface area contributed by atoms with Crippen LogP contribution < -0.4 is 10.3 Å². The van der Waals surface area contributed by atoms with Gasteiger partial charge in [-0.15, -0.1) is 0 Å². The van der Waals surface area contributed by atoms with Gasteiger partial charge in [0.1, 0.15) is 5.76 Å². The zero-order chi connectivity index (χ0) is 19.2. The Morgan fingerprint density at radius 3 is 2.67 bits per heavy atom. The number of hydrazone groups is 1. The van der Waals surface area contributed by atoms with E-state index in [2.05, 4.69) is 10.5 Å². The number of anilines is 1. The summed E-state index contributed by atoms with van der Waals surface area (Å²) in [6.07, 6.45) is 1.47. The summed E-state index contributed by atoms with van der Waals surface area (Å²) in [5, 5.41) is 5.38. The number of furan rings is 1. The number of halogens is 1.